The molecular weight excluding hydrogens is 244 g/mol. The van der Waals surface area contributed by atoms with Gasteiger partial charge in [0.1, 0.15) is 0 Å². The van der Waals surface area contributed by atoms with Crippen molar-refractivity contribution in [3.8, 4) is 0 Å². The number of hydrogen-bond donors (Lipinski definition) is 3. The van der Waals surface area contributed by atoms with E-state index in [1.807, 2.05) is 13.8 Å². The van der Waals surface area contributed by atoms with Crippen LogP contribution in [0.25, 0.3) is 0 Å². The molecule has 1 atom stereocenters. The van der Waals surface area contributed by atoms with E-state index in [-0.39, 0.29) is 12.3 Å². The largest absolute Gasteiger partial charge is 0.481 e. The average Bonchev–Trinajstić information content (AvgIpc) is 2.35. The summed E-state index contributed by atoms with van der Waals surface area (Å²) in [6.07, 6.45) is 3.75. The lowest BCUT2D eigenvalue weighted by Crippen LogP contribution is -2.42. The first-order valence-corrected chi connectivity index (χ1v) is 7.03. The molecule has 0 rings (SSSR count). The highest BCUT2D eigenvalue weighted by molar-refractivity contribution is 5.81. The van der Waals surface area contributed by atoms with Crippen LogP contribution in [0.3, 0.4) is 0 Å². The van der Waals surface area contributed by atoms with E-state index in [0.29, 0.717) is 25.4 Å². The Balaban J connectivity index is 4.05. The van der Waals surface area contributed by atoms with Crippen LogP contribution in [-0.4, -0.2) is 30.1 Å². The third-order valence-electron chi connectivity index (χ3n) is 3.43. The molecule has 0 heterocycles. The molecule has 5 nitrogen and oxygen atoms in total. The van der Waals surface area contributed by atoms with E-state index in [1.165, 1.54) is 0 Å². The van der Waals surface area contributed by atoms with E-state index < -0.39 is 11.4 Å². The van der Waals surface area contributed by atoms with Crippen LogP contribution < -0.4 is 11.1 Å². The molecule has 5 heteroatoms. The first kappa shape index (κ1) is 17.9. The Morgan fingerprint density at radius 2 is 1.89 bits per heavy atom. The van der Waals surface area contributed by atoms with Gasteiger partial charge in [0.05, 0.1) is 5.41 Å². The van der Waals surface area contributed by atoms with Crippen molar-refractivity contribution in [2.24, 2.45) is 17.1 Å². The molecule has 0 bridgehead atoms. The Hall–Kier alpha value is -1.10. The van der Waals surface area contributed by atoms with Gasteiger partial charge in [-0.15, -0.1) is 0 Å². The number of nitrogens with one attached hydrogen (secondary N) is 1. The quantitative estimate of drug-likeness (QED) is 0.565. The van der Waals surface area contributed by atoms with Crippen LogP contribution in [0, 0.1) is 11.3 Å². The zero-order valence-corrected chi connectivity index (χ0v) is 12.4. The van der Waals surface area contributed by atoms with E-state index in [1.54, 1.807) is 0 Å². The molecule has 0 saturated carbocycles. The third kappa shape index (κ3) is 7.82. The Morgan fingerprint density at radius 3 is 2.37 bits per heavy atom. The normalized spacial score (nSPS) is 13.1. The van der Waals surface area contributed by atoms with Crippen LogP contribution in [0.15, 0.2) is 0 Å². The van der Waals surface area contributed by atoms with Gasteiger partial charge in [-0.2, -0.15) is 0 Å². The van der Waals surface area contributed by atoms with Crippen LogP contribution >= 0.6 is 0 Å². The maximum Gasteiger partial charge on any atom is 0.303 e. The van der Waals surface area contributed by atoms with Crippen LogP contribution in [0.5, 0.6) is 0 Å². The summed E-state index contributed by atoms with van der Waals surface area (Å²) >= 11 is 0. The van der Waals surface area contributed by atoms with Crippen molar-refractivity contribution in [3.63, 3.8) is 0 Å². The van der Waals surface area contributed by atoms with Crippen molar-refractivity contribution in [2.45, 2.75) is 52.9 Å². The minimum atomic E-state index is -0.755. The van der Waals surface area contributed by atoms with Gasteiger partial charge in [0.2, 0.25) is 5.91 Å². The molecule has 0 aliphatic heterocycles. The Bertz CT molecular complexity index is 290. The fourth-order valence-corrected chi connectivity index (χ4v) is 1.89. The maximum atomic E-state index is 11.8. The maximum absolute atomic E-state index is 11.8. The molecule has 4 N–H and O–H groups in total. The summed E-state index contributed by atoms with van der Waals surface area (Å²) in [5, 5.41) is 11.6. The molecule has 19 heavy (non-hydrogen) atoms. The highest BCUT2D eigenvalue weighted by atomic mass is 16.4. The van der Waals surface area contributed by atoms with Crippen LogP contribution in [0.4, 0.5) is 0 Å². The number of amides is 1. The van der Waals surface area contributed by atoms with Gasteiger partial charge in [0.15, 0.2) is 0 Å². The summed E-state index contributed by atoms with van der Waals surface area (Å²) in [6.45, 7) is 6.62. The van der Waals surface area contributed by atoms with Crippen molar-refractivity contribution in [3.05, 3.63) is 0 Å². The zero-order chi connectivity index (χ0) is 14.9. The van der Waals surface area contributed by atoms with Gasteiger partial charge in [-0.1, -0.05) is 19.8 Å². The number of carboxylic acid groups (broad SMARTS) is 1. The van der Waals surface area contributed by atoms with Gasteiger partial charge in [0.25, 0.3) is 0 Å². The monoisotopic (exact) mass is 272 g/mol. The summed E-state index contributed by atoms with van der Waals surface area (Å²) in [7, 11) is 0. The molecule has 0 spiro atoms. The lowest BCUT2D eigenvalue weighted by atomic mass is 9.91. The Morgan fingerprint density at radius 1 is 1.26 bits per heavy atom. The van der Waals surface area contributed by atoms with Gasteiger partial charge in [-0.3, -0.25) is 9.59 Å². The number of carboxylic acids is 1. The summed E-state index contributed by atoms with van der Waals surface area (Å²) < 4.78 is 0. The molecule has 112 valence electrons. The van der Waals surface area contributed by atoms with Crippen LogP contribution in [0.1, 0.15) is 52.9 Å². The van der Waals surface area contributed by atoms with Crippen molar-refractivity contribution in [2.75, 3.05) is 13.1 Å². The highest BCUT2D eigenvalue weighted by Gasteiger charge is 2.25. The summed E-state index contributed by atoms with van der Waals surface area (Å²) in [5.41, 5.74) is 5.00. The zero-order valence-electron chi connectivity index (χ0n) is 12.4. The van der Waals surface area contributed by atoms with Crippen molar-refractivity contribution in [1.82, 2.24) is 5.32 Å². The van der Waals surface area contributed by atoms with E-state index >= 15 is 0 Å². The summed E-state index contributed by atoms with van der Waals surface area (Å²) in [6, 6.07) is 0. The summed E-state index contributed by atoms with van der Waals surface area (Å²) in [4.78, 5) is 22.4. The molecule has 0 fully saturated rings. The lowest BCUT2D eigenvalue weighted by molar-refractivity contribution is -0.137. The van der Waals surface area contributed by atoms with E-state index in [4.69, 9.17) is 10.8 Å². The van der Waals surface area contributed by atoms with Crippen LogP contribution in [0.2, 0.25) is 0 Å². The molecule has 0 aliphatic carbocycles. The second kappa shape index (κ2) is 8.91. The number of rotatable bonds is 10. The van der Waals surface area contributed by atoms with Gasteiger partial charge >= 0.3 is 5.97 Å². The van der Waals surface area contributed by atoms with E-state index in [9.17, 15) is 9.59 Å². The topological polar surface area (TPSA) is 92.4 Å². The third-order valence-corrected chi connectivity index (χ3v) is 3.43. The fraction of sp³-hybridized carbons (Fsp3) is 0.857. The smallest absolute Gasteiger partial charge is 0.303 e. The second-order valence-electron chi connectivity index (χ2n) is 5.72. The Labute approximate surface area is 115 Å². The molecule has 0 saturated heterocycles. The number of hydrogen-bond acceptors (Lipinski definition) is 3. The van der Waals surface area contributed by atoms with Gasteiger partial charge in [-0.05, 0) is 32.6 Å². The molecule has 0 aromatic rings. The fourth-order valence-electron chi connectivity index (χ4n) is 1.89. The second-order valence-corrected chi connectivity index (χ2v) is 5.72. The minimum absolute atomic E-state index is 0.0384. The number of carbonyl (C=O) groups is 2. The number of aliphatic carboxylic acids is 1. The molecule has 1 amide bonds. The highest BCUT2D eigenvalue weighted by Crippen LogP contribution is 2.18. The first-order chi connectivity index (χ1) is 8.83. The van der Waals surface area contributed by atoms with Crippen molar-refractivity contribution >= 4 is 11.9 Å². The molecular formula is C14H28N2O3. The predicted octanol–water partition coefficient (Wildman–Crippen LogP) is 1.76. The first-order valence-electron chi connectivity index (χ1n) is 7.03. The number of carbonyl (C=O) groups excluding carboxylic acids is 1. The summed E-state index contributed by atoms with van der Waals surface area (Å²) in [5.74, 6) is -0.430. The van der Waals surface area contributed by atoms with Crippen molar-refractivity contribution < 1.29 is 14.7 Å². The van der Waals surface area contributed by atoms with Gasteiger partial charge in [-0.25, -0.2) is 0 Å². The van der Waals surface area contributed by atoms with Gasteiger partial charge < -0.3 is 16.2 Å². The van der Waals surface area contributed by atoms with Gasteiger partial charge in [0, 0.05) is 19.5 Å². The molecule has 0 aromatic carbocycles. The van der Waals surface area contributed by atoms with E-state index in [2.05, 4.69) is 12.2 Å². The SMILES string of the molecule is CCCC(CCNC(=O)C(C)(C)CN)CCC(=O)O. The van der Waals surface area contributed by atoms with Crippen molar-refractivity contribution in [1.29, 1.82) is 0 Å². The molecule has 0 radical (unpaired) electrons. The molecule has 0 aliphatic rings. The number of nitrogens with two attached hydrogens (primary N) is 1. The minimum Gasteiger partial charge on any atom is -0.481 e. The Kier molecular flexibility index (Phi) is 8.39. The molecule has 1 unspecified atom stereocenters. The van der Waals surface area contributed by atoms with E-state index in [0.717, 1.165) is 19.3 Å². The average molecular weight is 272 g/mol. The lowest BCUT2D eigenvalue weighted by Gasteiger charge is -2.22. The predicted molar refractivity (Wildman–Crippen MR) is 75.7 cm³/mol. The standard InChI is InChI=1S/C14H28N2O3/c1-4-5-11(6-7-12(17)18)8-9-16-13(19)14(2,3)10-15/h11H,4-10,15H2,1-3H3,(H,16,19)(H,17,18). The van der Waals surface area contributed by atoms with Crippen LogP contribution in [-0.2, 0) is 9.59 Å². The molecule has 0 aromatic heterocycles.